The van der Waals surface area contributed by atoms with Crippen molar-refractivity contribution in [2.75, 3.05) is 5.43 Å². The Bertz CT molecular complexity index is 359. The monoisotopic (exact) mass is 222 g/mol. The Morgan fingerprint density at radius 2 is 2.19 bits per heavy atom. The first-order chi connectivity index (χ1) is 7.48. The van der Waals surface area contributed by atoms with Crippen LogP contribution in [0.25, 0.3) is 0 Å². The Morgan fingerprint density at radius 1 is 1.50 bits per heavy atom. The number of aromatic nitrogens is 1. The van der Waals surface area contributed by atoms with E-state index in [9.17, 15) is 4.79 Å². The van der Waals surface area contributed by atoms with Crippen LogP contribution in [0, 0.1) is 0 Å². The quantitative estimate of drug-likeness (QED) is 0.529. The summed E-state index contributed by atoms with van der Waals surface area (Å²) in [6, 6.07) is 3.34. The van der Waals surface area contributed by atoms with Gasteiger partial charge in [-0.2, -0.15) is 0 Å². The summed E-state index contributed by atoms with van der Waals surface area (Å²) in [6.45, 7) is 5.99. The van der Waals surface area contributed by atoms with Gasteiger partial charge in [0.2, 0.25) is 0 Å². The molecule has 0 spiro atoms. The smallest absolute Gasteiger partial charge is 0.253 e. The Labute approximate surface area is 95.4 Å². The number of amides is 1. The van der Waals surface area contributed by atoms with Crippen molar-refractivity contribution in [1.82, 2.24) is 10.3 Å². The van der Waals surface area contributed by atoms with Gasteiger partial charge in [0.15, 0.2) is 0 Å². The molecule has 0 aliphatic rings. The Kier molecular flexibility index (Phi) is 3.84. The first-order valence-electron chi connectivity index (χ1n) is 5.23. The number of hydrazine groups is 1. The van der Waals surface area contributed by atoms with Gasteiger partial charge in [-0.25, -0.2) is 10.8 Å². The number of carbonyl (C=O) groups is 1. The minimum absolute atomic E-state index is 0.122. The predicted octanol–water partition coefficient (Wildman–Crippen LogP) is 1.29. The fourth-order valence-electron chi connectivity index (χ4n) is 1.08. The van der Waals surface area contributed by atoms with Crippen molar-refractivity contribution in [1.29, 1.82) is 0 Å². The summed E-state index contributed by atoms with van der Waals surface area (Å²) in [4.78, 5) is 15.8. The molecule has 1 aromatic rings. The van der Waals surface area contributed by atoms with Gasteiger partial charge in [0.1, 0.15) is 5.82 Å². The number of nitrogens with zero attached hydrogens (tertiary/aromatic N) is 1. The molecule has 0 saturated carbocycles. The third-order valence-corrected chi connectivity index (χ3v) is 2.51. The van der Waals surface area contributed by atoms with E-state index in [4.69, 9.17) is 5.84 Å². The van der Waals surface area contributed by atoms with E-state index < -0.39 is 0 Å². The average molecular weight is 222 g/mol. The molecule has 0 fully saturated rings. The average Bonchev–Trinajstić information content (AvgIpc) is 2.28. The lowest BCUT2D eigenvalue weighted by atomic mass is 10.0. The molecule has 1 amide bonds. The summed E-state index contributed by atoms with van der Waals surface area (Å²) >= 11 is 0. The first kappa shape index (κ1) is 12.4. The summed E-state index contributed by atoms with van der Waals surface area (Å²) in [5.41, 5.74) is 2.73. The zero-order valence-electron chi connectivity index (χ0n) is 9.87. The molecule has 0 aliphatic heterocycles. The predicted molar refractivity (Wildman–Crippen MR) is 63.9 cm³/mol. The van der Waals surface area contributed by atoms with Crippen LogP contribution in [0.2, 0.25) is 0 Å². The number of nitrogens with two attached hydrogens (primary N) is 1. The molecule has 0 radical (unpaired) electrons. The van der Waals surface area contributed by atoms with Crippen molar-refractivity contribution < 1.29 is 4.79 Å². The largest absolute Gasteiger partial charge is 0.347 e. The van der Waals surface area contributed by atoms with E-state index in [1.54, 1.807) is 12.1 Å². The van der Waals surface area contributed by atoms with Crippen molar-refractivity contribution in [3.63, 3.8) is 0 Å². The van der Waals surface area contributed by atoms with E-state index in [1.807, 2.05) is 20.8 Å². The number of anilines is 1. The molecule has 0 aliphatic carbocycles. The van der Waals surface area contributed by atoms with E-state index in [0.717, 1.165) is 6.42 Å². The van der Waals surface area contributed by atoms with Crippen LogP contribution in [0.15, 0.2) is 18.3 Å². The highest BCUT2D eigenvalue weighted by molar-refractivity contribution is 5.94. The second-order valence-corrected chi connectivity index (χ2v) is 4.27. The Morgan fingerprint density at radius 3 is 2.62 bits per heavy atom. The number of nitrogen functional groups attached to an aromatic ring is 1. The molecule has 0 bridgehead atoms. The summed E-state index contributed by atoms with van der Waals surface area (Å²) in [7, 11) is 0. The number of carbonyl (C=O) groups excluding carboxylic acids is 1. The van der Waals surface area contributed by atoms with Gasteiger partial charge in [0, 0.05) is 11.7 Å². The lowest BCUT2D eigenvalue weighted by Gasteiger charge is -2.24. The van der Waals surface area contributed by atoms with E-state index in [-0.39, 0.29) is 11.4 Å². The number of nitrogens with one attached hydrogen (secondary N) is 2. The summed E-state index contributed by atoms with van der Waals surface area (Å²) in [5, 5.41) is 2.93. The molecular weight excluding hydrogens is 204 g/mol. The maximum absolute atomic E-state index is 11.8. The highest BCUT2D eigenvalue weighted by Gasteiger charge is 2.18. The van der Waals surface area contributed by atoms with E-state index in [1.165, 1.54) is 6.20 Å². The van der Waals surface area contributed by atoms with Crippen LogP contribution in [-0.4, -0.2) is 16.4 Å². The van der Waals surface area contributed by atoms with Crippen LogP contribution in [0.3, 0.4) is 0 Å². The molecule has 16 heavy (non-hydrogen) atoms. The van der Waals surface area contributed by atoms with Crippen LogP contribution >= 0.6 is 0 Å². The fourth-order valence-corrected chi connectivity index (χ4v) is 1.08. The zero-order chi connectivity index (χ0) is 12.2. The van der Waals surface area contributed by atoms with E-state index in [0.29, 0.717) is 11.4 Å². The minimum Gasteiger partial charge on any atom is -0.347 e. The third-order valence-electron chi connectivity index (χ3n) is 2.51. The molecule has 1 aromatic heterocycles. The maximum Gasteiger partial charge on any atom is 0.253 e. The van der Waals surface area contributed by atoms with Gasteiger partial charge in [-0.15, -0.1) is 0 Å². The van der Waals surface area contributed by atoms with E-state index >= 15 is 0 Å². The first-order valence-corrected chi connectivity index (χ1v) is 5.23. The molecule has 0 aromatic carbocycles. The second kappa shape index (κ2) is 4.94. The van der Waals surface area contributed by atoms with Crippen LogP contribution < -0.4 is 16.6 Å². The third kappa shape index (κ3) is 3.20. The number of hydrogen-bond donors (Lipinski definition) is 3. The van der Waals surface area contributed by atoms with Crippen molar-refractivity contribution in [2.24, 2.45) is 5.84 Å². The van der Waals surface area contributed by atoms with Gasteiger partial charge in [-0.3, -0.25) is 4.79 Å². The molecule has 1 heterocycles. The highest BCUT2D eigenvalue weighted by atomic mass is 16.1. The fraction of sp³-hybridized carbons (Fsp3) is 0.455. The molecule has 0 unspecified atom stereocenters. The van der Waals surface area contributed by atoms with Crippen molar-refractivity contribution in [3.8, 4) is 0 Å². The SMILES string of the molecule is CCC(C)(C)NC(=O)c1ccc(NN)nc1. The highest BCUT2D eigenvalue weighted by Crippen LogP contribution is 2.09. The lowest BCUT2D eigenvalue weighted by molar-refractivity contribution is 0.0911. The Balaban J connectivity index is 2.73. The topological polar surface area (TPSA) is 80.0 Å². The lowest BCUT2D eigenvalue weighted by Crippen LogP contribution is -2.42. The van der Waals surface area contributed by atoms with Gasteiger partial charge in [-0.1, -0.05) is 6.92 Å². The summed E-state index contributed by atoms with van der Waals surface area (Å²) in [6.07, 6.45) is 2.37. The standard InChI is InChI=1S/C11H18N4O/c1-4-11(2,3)14-10(16)8-5-6-9(15-12)13-7-8/h5-7H,4,12H2,1-3H3,(H,13,15)(H,14,16). The normalized spacial score (nSPS) is 11.0. The molecule has 88 valence electrons. The Hall–Kier alpha value is -1.62. The number of pyridine rings is 1. The summed E-state index contributed by atoms with van der Waals surface area (Å²) in [5.74, 6) is 5.60. The zero-order valence-corrected chi connectivity index (χ0v) is 9.87. The van der Waals surface area contributed by atoms with Gasteiger partial charge in [0.05, 0.1) is 5.56 Å². The molecule has 4 N–H and O–H groups in total. The van der Waals surface area contributed by atoms with Gasteiger partial charge >= 0.3 is 0 Å². The van der Waals surface area contributed by atoms with Crippen molar-refractivity contribution in [3.05, 3.63) is 23.9 Å². The van der Waals surface area contributed by atoms with Gasteiger partial charge < -0.3 is 10.7 Å². The molecule has 5 nitrogen and oxygen atoms in total. The molecule has 5 heteroatoms. The number of hydrogen-bond acceptors (Lipinski definition) is 4. The van der Waals surface area contributed by atoms with Crippen LogP contribution in [0.5, 0.6) is 0 Å². The second-order valence-electron chi connectivity index (χ2n) is 4.27. The molecular formula is C11H18N4O. The molecule has 1 rings (SSSR count). The number of rotatable bonds is 4. The maximum atomic E-state index is 11.8. The summed E-state index contributed by atoms with van der Waals surface area (Å²) < 4.78 is 0. The molecule has 0 atom stereocenters. The molecule has 0 saturated heterocycles. The van der Waals surface area contributed by atoms with Crippen LogP contribution in [0.1, 0.15) is 37.6 Å². The minimum atomic E-state index is -0.206. The van der Waals surface area contributed by atoms with Crippen LogP contribution in [0.4, 0.5) is 5.82 Å². The van der Waals surface area contributed by atoms with Crippen molar-refractivity contribution >= 4 is 11.7 Å². The van der Waals surface area contributed by atoms with Gasteiger partial charge in [-0.05, 0) is 32.4 Å². The van der Waals surface area contributed by atoms with Crippen molar-refractivity contribution in [2.45, 2.75) is 32.7 Å². The van der Waals surface area contributed by atoms with Gasteiger partial charge in [0.25, 0.3) is 5.91 Å². The van der Waals surface area contributed by atoms with Crippen LogP contribution in [-0.2, 0) is 0 Å². The van der Waals surface area contributed by atoms with E-state index in [2.05, 4.69) is 15.7 Å².